The van der Waals surface area contributed by atoms with Gasteiger partial charge in [-0.15, -0.1) is 0 Å². The minimum atomic E-state index is -4.34. The molecular weight excluding hydrogens is 379 g/mol. The fourth-order valence-corrected chi connectivity index (χ4v) is 3.59. The van der Waals surface area contributed by atoms with Crippen LogP contribution in [0.2, 0.25) is 0 Å². The number of hydrogen-bond donors (Lipinski definition) is 0. The Morgan fingerprint density at radius 2 is 1.83 bits per heavy atom. The maximum absolute atomic E-state index is 12.8. The van der Waals surface area contributed by atoms with Gasteiger partial charge in [-0.3, -0.25) is 4.79 Å². The molecule has 29 heavy (non-hydrogen) atoms. The van der Waals surface area contributed by atoms with Gasteiger partial charge in [-0.05, 0) is 42.3 Å². The summed E-state index contributed by atoms with van der Waals surface area (Å²) in [6, 6.07) is 16.3. The van der Waals surface area contributed by atoms with Crippen molar-refractivity contribution in [2.75, 3.05) is 6.61 Å². The number of rotatable bonds is 3. The number of aromatic nitrogens is 1. The molecule has 4 rings (SSSR count). The standard InChI is InChI=1S/C23H18F3NO2/c1-14(28)20-3-2-4-21(27-20)16-7-10-19-18(11-12-29-22(19)13-16)15-5-8-17(9-6-15)23(24,25)26/h2-10,13,18H,11-12H2,1H3. The summed E-state index contributed by atoms with van der Waals surface area (Å²) in [6.45, 7) is 1.94. The molecule has 0 spiro atoms. The van der Waals surface area contributed by atoms with Crippen LogP contribution < -0.4 is 4.74 Å². The van der Waals surface area contributed by atoms with Crippen LogP contribution in [0, 0.1) is 0 Å². The Hall–Kier alpha value is -3.15. The Bertz CT molecular complexity index is 1060. The SMILES string of the molecule is CC(=O)c1cccc(-c2ccc3c(c2)OCCC3c2ccc(C(F)(F)F)cc2)n1. The second-order valence-electron chi connectivity index (χ2n) is 7.03. The monoisotopic (exact) mass is 397 g/mol. The number of nitrogens with zero attached hydrogens (tertiary/aromatic N) is 1. The third-order valence-electron chi connectivity index (χ3n) is 5.10. The van der Waals surface area contributed by atoms with Crippen molar-refractivity contribution in [1.82, 2.24) is 4.98 Å². The molecule has 1 aliphatic rings. The van der Waals surface area contributed by atoms with Crippen molar-refractivity contribution in [3.8, 4) is 17.0 Å². The number of alkyl halides is 3. The first kappa shape index (κ1) is 19.2. The van der Waals surface area contributed by atoms with Crippen LogP contribution in [0.25, 0.3) is 11.3 Å². The quantitative estimate of drug-likeness (QED) is 0.518. The highest BCUT2D eigenvalue weighted by Gasteiger charge is 2.31. The second-order valence-corrected chi connectivity index (χ2v) is 7.03. The molecule has 0 amide bonds. The normalized spacial score (nSPS) is 16.1. The van der Waals surface area contributed by atoms with Crippen LogP contribution in [0.5, 0.6) is 5.75 Å². The largest absolute Gasteiger partial charge is 0.493 e. The molecular formula is C23H18F3NO2. The topological polar surface area (TPSA) is 39.2 Å². The molecule has 148 valence electrons. The van der Waals surface area contributed by atoms with E-state index in [2.05, 4.69) is 4.98 Å². The lowest BCUT2D eigenvalue weighted by Crippen LogP contribution is -2.15. The van der Waals surface area contributed by atoms with Gasteiger partial charge in [0.2, 0.25) is 0 Å². The molecule has 0 saturated heterocycles. The summed E-state index contributed by atoms with van der Waals surface area (Å²) >= 11 is 0. The van der Waals surface area contributed by atoms with Crippen molar-refractivity contribution in [3.05, 3.63) is 83.0 Å². The van der Waals surface area contributed by atoms with Gasteiger partial charge < -0.3 is 4.74 Å². The summed E-state index contributed by atoms with van der Waals surface area (Å²) in [4.78, 5) is 16.0. The lowest BCUT2D eigenvalue weighted by Gasteiger charge is -2.27. The van der Waals surface area contributed by atoms with E-state index in [9.17, 15) is 18.0 Å². The van der Waals surface area contributed by atoms with Crippen molar-refractivity contribution in [3.63, 3.8) is 0 Å². The Morgan fingerprint density at radius 3 is 2.52 bits per heavy atom. The Kier molecular flexibility index (Phi) is 4.86. The molecule has 2 heterocycles. The van der Waals surface area contributed by atoms with Crippen LogP contribution in [-0.4, -0.2) is 17.4 Å². The highest BCUT2D eigenvalue weighted by Crippen LogP contribution is 2.40. The molecule has 0 radical (unpaired) electrons. The van der Waals surface area contributed by atoms with E-state index in [1.54, 1.807) is 12.1 Å². The molecule has 3 aromatic rings. The zero-order valence-corrected chi connectivity index (χ0v) is 15.7. The molecule has 1 unspecified atom stereocenters. The predicted molar refractivity (Wildman–Crippen MR) is 103 cm³/mol. The molecule has 0 bridgehead atoms. The van der Waals surface area contributed by atoms with Crippen LogP contribution in [0.4, 0.5) is 13.2 Å². The maximum atomic E-state index is 12.8. The minimum absolute atomic E-state index is 0.0356. The minimum Gasteiger partial charge on any atom is -0.493 e. The van der Waals surface area contributed by atoms with Crippen LogP contribution in [0.1, 0.15) is 46.4 Å². The summed E-state index contributed by atoms with van der Waals surface area (Å²) in [6.07, 6.45) is -3.65. The number of carbonyl (C=O) groups excluding carboxylic acids is 1. The molecule has 1 aromatic heterocycles. The molecule has 6 heteroatoms. The van der Waals surface area contributed by atoms with Crippen LogP contribution in [-0.2, 0) is 6.18 Å². The lowest BCUT2D eigenvalue weighted by molar-refractivity contribution is -0.137. The smallest absolute Gasteiger partial charge is 0.416 e. The molecule has 1 aliphatic heterocycles. The zero-order valence-electron chi connectivity index (χ0n) is 15.7. The highest BCUT2D eigenvalue weighted by molar-refractivity contribution is 5.92. The van der Waals surface area contributed by atoms with Gasteiger partial charge in [0.05, 0.1) is 17.9 Å². The average molecular weight is 397 g/mol. The van der Waals surface area contributed by atoms with E-state index in [-0.39, 0.29) is 11.7 Å². The zero-order chi connectivity index (χ0) is 20.6. The van der Waals surface area contributed by atoms with Crippen LogP contribution in [0.3, 0.4) is 0 Å². The van der Waals surface area contributed by atoms with Gasteiger partial charge in [-0.25, -0.2) is 4.98 Å². The van der Waals surface area contributed by atoms with E-state index >= 15 is 0 Å². The summed E-state index contributed by atoms with van der Waals surface area (Å²) in [7, 11) is 0. The fourth-order valence-electron chi connectivity index (χ4n) is 3.59. The van der Waals surface area contributed by atoms with Crippen molar-refractivity contribution < 1.29 is 22.7 Å². The van der Waals surface area contributed by atoms with Crippen molar-refractivity contribution in [2.24, 2.45) is 0 Å². The summed E-state index contributed by atoms with van der Waals surface area (Å²) < 4.78 is 44.3. The first-order chi connectivity index (χ1) is 13.8. The molecule has 3 nitrogen and oxygen atoms in total. The van der Waals surface area contributed by atoms with E-state index in [1.165, 1.54) is 19.1 Å². The molecule has 0 aliphatic carbocycles. The van der Waals surface area contributed by atoms with Crippen molar-refractivity contribution in [1.29, 1.82) is 0 Å². The van der Waals surface area contributed by atoms with E-state index in [1.807, 2.05) is 24.3 Å². The summed E-state index contributed by atoms with van der Waals surface area (Å²) in [5, 5.41) is 0. The van der Waals surface area contributed by atoms with Crippen LogP contribution >= 0.6 is 0 Å². The van der Waals surface area contributed by atoms with Crippen molar-refractivity contribution >= 4 is 5.78 Å². The third kappa shape index (κ3) is 3.88. The number of Topliss-reactive ketones (excluding diaryl/α,β-unsaturated/α-hetero) is 1. The number of benzene rings is 2. The average Bonchev–Trinajstić information content (AvgIpc) is 2.72. The maximum Gasteiger partial charge on any atom is 0.416 e. The predicted octanol–water partition coefficient (Wildman–Crippen LogP) is 5.88. The number of ether oxygens (including phenoxy) is 1. The van der Waals surface area contributed by atoms with Gasteiger partial charge in [0, 0.05) is 24.0 Å². The Balaban J connectivity index is 1.67. The molecule has 0 fully saturated rings. The summed E-state index contributed by atoms with van der Waals surface area (Å²) in [5.41, 5.74) is 2.99. The first-order valence-electron chi connectivity index (χ1n) is 9.25. The van der Waals surface area contributed by atoms with Gasteiger partial charge >= 0.3 is 6.18 Å². The third-order valence-corrected chi connectivity index (χ3v) is 5.10. The Morgan fingerprint density at radius 1 is 1.07 bits per heavy atom. The van der Waals surface area contributed by atoms with E-state index < -0.39 is 11.7 Å². The van der Waals surface area contributed by atoms with Gasteiger partial charge in [-0.1, -0.05) is 30.3 Å². The second kappa shape index (κ2) is 7.35. The number of carbonyl (C=O) groups is 1. The fraction of sp³-hybridized carbons (Fsp3) is 0.217. The molecule has 1 atom stereocenters. The first-order valence-corrected chi connectivity index (χ1v) is 9.25. The number of pyridine rings is 1. The molecule has 0 N–H and O–H groups in total. The van der Waals surface area contributed by atoms with E-state index in [0.29, 0.717) is 30.2 Å². The molecule has 0 saturated carbocycles. The number of hydrogen-bond acceptors (Lipinski definition) is 3. The van der Waals surface area contributed by atoms with Gasteiger partial charge in [-0.2, -0.15) is 13.2 Å². The van der Waals surface area contributed by atoms with Gasteiger partial charge in [0.1, 0.15) is 11.4 Å². The lowest BCUT2D eigenvalue weighted by atomic mass is 9.85. The van der Waals surface area contributed by atoms with E-state index in [0.717, 1.165) is 28.8 Å². The van der Waals surface area contributed by atoms with Gasteiger partial charge in [0.25, 0.3) is 0 Å². The van der Waals surface area contributed by atoms with Crippen LogP contribution in [0.15, 0.2) is 60.7 Å². The van der Waals surface area contributed by atoms with Gasteiger partial charge in [0.15, 0.2) is 5.78 Å². The Labute approximate surface area is 166 Å². The number of ketones is 1. The number of fused-ring (bicyclic) bond motifs is 1. The number of halogens is 3. The summed E-state index contributed by atoms with van der Waals surface area (Å²) in [5.74, 6) is 0.545. The van der Waals surface area contributed by atoms with Crippen molar-refractivity contribution in [2.45, 2.75) is 25.4 Å². The molecule has 2 aromatic carbocycles. The van der Waals surface area contributed by atoms with E-state index in [4.69, 9.17) is 4.74 Å². The highest BCUT2D eigenvalue weighted by atomic mass is 19.4.